The third-order valence-electron chi connectivity index (χ3n) is 4.96. The van der Waals surface area contributed by atoms with Gasteiger partial charge in [0.05, 0.1) is 17.7 Å². The number of ether oxygens (including phenoxy) is 1. The maximum Gasteiger partial charge on any atom is 0.261 e. The predicted octanol–water partition coefficient (Wildman–Crippen LogP) is 4.39. The molecular weight excluding hydrogens is 412 g/mol. The molecule has 162 valence electrons. The second-order valence-electron chi connectivity index (χ2n) is 7.46. The molecule has 31 heavy (non-hydrogen) atoms. The van der Waals surface area contributed by atoms with Crippen molar-refractivity contribution in [3.63, 3.8) is 0 Å². The lowest BCUT2D eigenvalue weighted by Gasteiger charge is -2.19. The third kappa shape index (κ3) is 5.44. The molecule has 7 heteroatoms. The number of hydrogen-bond donors (Lipinski definition) is 1. The van der Waals surface area contributed by atoms with E-state index >= 15 is 0 Å². The number of rotatable bonds is 7. The average Bonchev–Trinajstić information content (AvgIpc) is 2.75. The van der Waals surface area contributed by atoms with E-state index in [0.29, 0.717) is 17.8 Å². The Hall–Kier alpha value is -3.32. The maximum absolute atomic E-state index is 13.0. The first-order valence-corrected chi connectivity index (χ1v) is 11.3. The molecule has 0 saturated carbocycles. The fourth-order valence-electron chi connectivity index (χ4n) is 3.12. The van der Waals surface area contributed by atoms with E-state index in [2.05, 4.69) is 4.72 Å². The van der Waals surface area contributed by atoms with Crippen LogP contribution in [-0.4, -0.2) is 33.4 Å². The van der Waals surface area contributed by atoms with Gasteiger partial charge in [0, 0.05) is 19.2 Å². The Bertz CT molecular complexity index is 1190. The first-order valence-electron chi connectivity index (χ1n) is 9.78. The van der Waals surface area contributed by atoms with Crippen LogP contribution in [0.5, 0.6) is 5.75 Å². The summed E-state index contributed by atoms with van der Waals surface area (Å²) in [4.78, 5) is 14.7. The van der Waals surface area contributed by atoms with Crippen molar-refractivity contribution >= 4 is 21.6 Å². The van der Waals surface area contributed by atoms with Gasteiger partial charge in [-0.3, -0.25) is 9.52 Å². The van der Waals surface area contributed by atoms with Crippen molar-refractivity contribution in [2.24, 2.45) is 0 Å². The summed E-state index contributed by atoms with van der Waals surface area (Å²) in [5.74, 6) is 0.514. The van der Waals surface area contributed by atoms with E-state index in [1.165, 1.54) is 0 Å². The predicted molar refractivity (Wildman–Crippen MR) is 122 cm³/mol. The van der Waals surface area contributed by atoms with Gasteiger partial charge in [0.15, 0.2) is 0 Å². The van der Waals surface area contributed by atoms with E-state index < -0.39 is 10.0 Å². The van der Waals surface area contributed by atoms with Gasteiger partial charge in [-0.2, -0.15) is 0 Å². The van der Waals surface area contributed by atoms with Crippen molar-refractivity contribution in [1.82, 2.24) is 4.90 Å². The number of benzene rings is 3. The van der Waals surface area contributed by atoms with Crippen LogP contribution in [0.15, 0.2) is 71.6 Å². The summed E-state index contributed by atoms with van der Waals surface area (Å²) in [6.07, 6.45) is 0. The van der Waals surface area contributed by atoms with Gasteiger partial charge in [0.2, 0.25) is 0 Å². The molecule has 0 atom stereocenters. The standard InChI is InChI=1S/C24H26N2O4S/c1-17-8-12-22(13-9-17)31(28,29)25-23-15-20(11-10-18(23)2)24(27)26(3)16-19-6-5-7-21(14-19)30-4/h5-15,25H,16H2,1-4H3. The van der Waals surface area contributed by atoms with E-state index in [-0.39, 0.29) is 10.8 Å². The van der Waals surface area contributed by atoms with Crippen LogP contribution in [0.3, 0.4) is 0 Å². The number of anilines is 1. The van der Waals surface area contributed by atoms with Crippen molar-refractivity contribution in [1.29, 1.82) is 0 Å². The van der Waals surface area contributed by atoms with Crippen LogP contribution in [0.25, 0.3) is 0 Å². The summed E-state index contributed by atoms with van der Waals surface area (Å²) in [7, 11) is -0.457. The van der Waals surface area contributed by atoms with Gasteiger partial charge < -0.3 is 9.64 Å². The highest BCUT2D eigenvalue weighted by molar-refractivity contribution is 7.92. The van der Waals surface area contributed by atoms with Crippen molar-refractivity contribution in [3.05, 3.63) is 89.0 Å². The van der Waals surface area contributed by atoms with Gasteiger partial charge in [-0.05, 0) is 61.4 Å². The minimum atomic E-state index is -3.76. The third-order valence-corrected chi connectivity index (χ3v) is 6.34. The summed E-state index contributed by atoms with van der Waals surface area (Å²) in [6.45, 7) is 4.08. The molecule has 0 heterocycles. The Morgan fingerprint density at radius 3 is 2.39 bits per heavy atom. The van der Waals surface area contributed by atoms with Gasteiger partial charge in [-0.25, -0.2) is 8.42 Å². The molecule has 1 amide bonds. The SMILES string of the molecule is COc1cccc(CN(C)C(=O)c2ccc(C)c(NS(=O)(=O)c3ccc(C)cc3)c2)c1. The Labute approximate surface area is 183 Å². The van der Waals surface area contributed by atoms with Crippen LogP contribution in [0.2, 0.25) is 0 Å². The van der Waals surface area contributed by atoms with Crippen molar-refractivity contribution in [2.45, 2.75) is 25.3 Å². The highest BCUT2D eigenvalue weighted by atomic mass is 32.2. The number of aryl methyl sites for hydroxylation is 2. The quantitative estimate of drug-likeness (QED) is 0.594. The molecule has 0 saturated heterocycles. The van der Waals surface area contributed by atoms with Crippen LogP contribution >= 0.6 is 0 Å². The number of nitrogens with one attached hydrogen (secondary N) is 1. The Morgan fingerprint density at radius 1 is 1.00 bits per heavy atom. The largest absolute Gasteiger partial charge is 0.497 e. The number of amides is 1. The Balaban J connectivity index is 1.80. The van der Waals surface area contributed by atoms with Crippen molar-refractivity contribution in [2.75, 3.05) is 18.9 Å². The molecule has 0 spiro atoms. The molecule has 0 fully saturated rings. The lowest BCUT2D eigenvalue weighted by atomic mass is 10.1. The van der Waals surface area contributed by atoms with Gasteiger partial charge in [0.1, 0.15) is 5.75 Å². The molecule has 0 bridgehead atoms. The zero-order chi connectivity index (χ0) is 22.6. The van der Waals surface area contributed by atoms with E-state index in [0.717, 1.165) is 22.4 Å². The molecule has 6 nitrogen and oxygen atoms in total. The summed E-state index contributed by atoms with van der Waals surface area (Å²) in [5.41, 5.74) is 3.41. The number of sulfonamides is 1. The number of hydrogen-bond acceptors (Lipinski definition) is 4. The highest BCUT2D eigenvalue weighted by Gasteiger charge is 2.18. The first kappa shape index (κ1) is 22.4. The molecular formula is C24H26N2O4S. The monoisotopic (exact) mass is 438 g/mol. The number of nitrogens with zero attached hydrogens (tertiary/aromatic N) is 1. The molecule has 3 rings (SSSR count). The second-order valence-corrected chi connectivity index (χ2v) is 9.14. The molecule has 0 unspecified atom stereocenters. The number of methoxy groups -OCH3 is 1. The molecule has 0 aromatic heterocycles. The van der Waals surface area contributed by atoms with Gasteiger partial charge in [-0.15, -0.1) is 0 Å². The Kier molecular flexibility index (Phi) is 6.65. The lowest BCUT2D eigenvalue weighted by Crippen LogP contribution is -2.26. The van der Waals surface area contributed by atoms with Crippen LogP contribution in [-0.2, 0) is 16.6 Å². The topological polar surface area (TPSA) is 75.7 Å². The summed E-state index contributed by atoms with van der Waals surface area (Å²) < 4.78 is 33.4. The minimum absolute atomic E-state index is 0.171. The highest BCUT2D eigenvalue weighted by Crippen LogP contribution is 2.23. The van der Waals surface area contributed by atoms with E-state index in [1.807, 2.05) is 31.2 Å². The minimum Gasteiger partial charge on any atom is -0.497 e. The van der Waals surface area contributed by atoms with Crippen LogP contribution in [0.1, 0.15) is 27.0 Å². The fourth-order valence-corrected chi connectivity index (χ4v) is 4.24. The van der Waals surface area contributed by atoms with E-state index in [1.54, 1.807) is 68.4 Å². The molecule has 3 aromatic carbocycles. The van der Waals surface area contributed by atoms with Crippen LogP contribution in [0, 0.1) is 13.8 Å². The van der Waals surface area contributed by atoms with Crippen molar-refractivity contribution in [3.8, 4) is 5.75 Å². The summed E-state index contributed by atoms with van der Waals surface area (Å²) in [6, 6.07) is 19.1. The average molecular weight is 439 g/mol. The second kappa shape index (κ2) is 9.22. The Morgan fingerprint density at radius 2 is 1.71 bits per heavy atom. The van der Waals surface area contributed by atoms with Gasteiger partial charge >= 0.3 is 0 Å². The smallest absolute Gasteiger partial charge is 0.261 e. The van der Waals surface area contributed by atoms with E-state index in [4.69, 9.17) is 4.74 Å². The molecule has 0 aliphatic rings. The zero-order valence-corrected chi connectivity index (χ0v) is 18.9. The zero-order valence-electron chi connectivity index (χ0n) is 18.0. The van der Waals surface area contributed by atoms with Crippen LogP contribution in [0.4, 0.5) is 5.69 Å². The molecule has 1 N–H and O–H groups in total. The van der Waals surface area contributed by atoms with Crippen molar-refractivity contribution < 1.29 is 17.9 Å². The number of carbonyl (C=O) groups is 1. The molecule has 0 aliphatic carbocycles. The van der Waals surface area contributed by atoms with Gasteiger partial charge in [0.25, 0.3) is 15.9 Å². The molecule has 0 radical (unpaired) electrons. The van der Waals surface area contributed by atoms with Gasteiger partial charge in [-0.1, -0.05) is 35.9 Å². The maximum atomic E-state index is 13.0. The molecule has 3 aromatic rings. The van der Waals surface area contributed by atoms with Crippen LogP contribution < -0.4 is 9.46 Å². The lowest BCUT2D eigenvalue weighted by molar-refractivity contribution is 0.0785. The number of carbonyl (C=O) groups excluding carboxylic acids is 1. The summed E-state index contributed by atoms with van der Waals surface area (Å²) in [5, 5.41) is 0. The molecule has 0 aliphatic heterocycles. The normalized spacial score (nSPS) is 11.1. The van der Waals surface area contributed by atoms with E-state index in [9.17, 15) is 13.2 Å². The fraction of sp³-hybridized carbons (Fsp3) is 0.208. The summed E-state index contributed by atoms with van der Waals surface area (Å²) >= 11 is 0. The first-order chi connectivity index (χ1) is 14.7.